The second-order valence-corrected chi connectivity index (χ2v) is 6.52. The fraction of sp³-hybridized carbons (Fsp3) is 0.533. The van der Waals surface area contributed by atoms with Gasteiger partial charge in [-0.2, -0.15) is 0 Å². The van der Waals surface area contributed by atoms with Crippen molar-refractivity contribution >= 4 is 21.6 Å². The summed E-state index contributed by atoms with van der Waals surface area (Å²) in [6, 6.07) is 5.78. The van der Waals surface area contributed by atoms with Crippen molar-refractivity contribution in [2.24, 2.45) is 5.92 Å². The molecule has 5 nitrogen and oxygen atoms in total. The van der Waals surface area contributed by atoms with Crippen LogP contribution in [0.1, 0.15) is 38.5 Å². The summed E-state index contributed by atoms with van der Waals surface area (Å²) in [5, 5.41) is 12.1. The Labute approximate surface area is 133 Å². The molecule has 0 aliphatic heterocycles. The molecule has 1 aromatic heterocycles. The Morgan fingerprint density at radius 1 is 1.24 bits per heavy atom. The van der Waals surface area contributed by atoms with Crippen LogP contribution in [-0.2, 0) is 6.54 Å². The van der Waals surface area contributed by atoms with Gasteiger partial charge in [-0.05, 0) is 50.8 Å². The molecule has 21 heavy (non-hydrogen) atoms. The predicted molar refractivity (Wildman–Crippen MR) is 86.6 cm³/mol. The van der Waals surface area contributed by atoms with E-state index in [1.165, 1.54) is 32.1 Å². The first-order chi connectivity index (χ1) is 10.3. The monoisotopic (exact) mass is 349 g/mol. The summed E-state index contributed by atoms with van der Waals surface area (Å²) in [7, 11) is 0. The smallest absolute Gasteiger partial charge is 0.183 e. The maximum atomic E-state index is 5.94. The first-order valence-electron chi connectivity index (χ1n) is 7.56. The van der Waals surface area contributed by atoms with Crippen LogP contribution in [-0.4, -0.2) is 20.2 Å². The Kier molecular flexibility index (Phi) is 4.53. The second-order valence-electron chi connectivity index (χ2n) is 5.73. The van der Waals surface area contributed by atoms with E-state index in [1.807, 2.05) is 22.9 Å². The average Bonchev–Trinajstić information content (AvgIpc) is 2.97. The Bertz CT molecular complexity index is 604. The van der Waals surface area contributed by atoms with Gasteiger partial charge in [-0.25, -0.2) is 4.68 Å². The van der Waals surface area contributed by atoms with E-state index in [9.17, 15) is 0 Å². The third-order valence-corrected chi connectivity index (χ3v) is 5.16. The molecule has 2 aromatic rings. The van der Waals surface area contributed by atoms with Crippen molar-refractivity contribution in [3.05, 3.63) is 22.7 Å². The number of aryl methyl sites for hydroxylation is 1. The summed E-state index contributed by atoms with van der Waals surface area (Å²) in [6.45, 7) is 0.869. The highest BCUT2D eigenvalue weighted by Gasteiger charge is 2.17. The van der Waals surface area contributed by atoms with E-state index in [4.69, 9.17) is 5.73 Å². The fourth-order valence-electron chi connectivity index (χ4n) is 3.05. The molecule has 1 aliphatic carbocycles. The lowest BCUT2D eigenvalue weighted by atomic mass is 9.87. The molecule has 0 spiro atoms. The highest BCUT2D eigenvalue weighted by atomic mass is 79.9. The zero-order valence-electron chi connectivity index (χ0n) is 12.0. The van der Waals surface area contributed by atoms with E-state index in [1.54, 1.807) is 0 Å². The Balaban J connectivity index is 1.76. The number of anilines is 1. The van der Waals surface area contributed by atoms with Crippen molar-refractivity contribution in [3.8, 4) is 11.4 Å². The lowest BCUT2D eigenvalue weighted by Crippen LogP contribution is -2.12. The molecule has 1 heterocycles. The van der Waals surface area contributed by atoms with Crippen LogP contribution in [0, 0.1) is 5.92 Å². The zero-order valence-corrected chi connectivity index (χ0v) is 13.6. The summed E-state index contributed by atoms with van der Waals surface area (Å²) >= 11 is 3.53. The second kappa shape index (κ2) is 6.56. The average molecular weight is 350 g/mol. The van der Waals surface area contributed by atoms with Gasteiger partial charge in [-0.1, -0.05) is 38.2 Å². The van der Waals surface area contributed by atoms with E-state index in [0.29, 0.717) is 5.69 Å². The van der Waals surface area contributed by atoms with Crippen molar-refractivity contribution in [2.45, 2.75) is 45.1 Å². The summed E-state index contributed by atoms with van der Waals surface area (Å²) in [5.41, 5.74) is 7.59. The third kappa shape index (κ3) is 3.26. The Morgan fingerprint density at radius 2 is 2.05 bits per heavy atom. The van der Waals surface area contributed by atoms with Crippen LogP contribution in [0.15, 0.2) is 22.7 Å². The number of nitrogens with two attached hydrogens (primary N) is 1. The molecule has 0 radical (unpaired) electrons. The van der Waals surface area contributed by atoms with Gasteiger partial charge in [0, 0.05) is 17.8 Å². The molecule has 1 aromatic carbocycles. The van der Waals surface area contributed by atoms with E-state index < -0.39 is 0 Å². The number of aromatic nitrogens is 4. The maximum Gasteiger partial charge on any atom is 0.183 e. The van der Waals surface area contributed by atoms with Gasteiger partial charge in [-0.3, -0.25) is 0 Å². The number of benzene rings is 1. The van der Waals surface area contributed by atoms with E-state index in [2.05, 4.69) is 31.5 Å². The summed E-state index contributed by atoms with van der Waals surface area (Å²) < 4.78 is 2.76. The molecule has 0 bridgehead atoms. The van der Waals surface area contributed by atoms with Gasteiger partial charge in [0.1, 0.15) is 0 Å². The molecule has 1 saturated carbocycles. The fourth-order valence-corrected chi connectivity index (χ4v) is 3.49. The number of nitrogen functional groups attached to an aromatic ring is 1. The van der Waals surface area contributed by atoms with Crippen molar-refractivity contribution < 1.29 is 0 Å². The van der Waals surface area contributed by atoms with E-state index in [0.717, 1.165) is 34.7 Å². The third-order valence-electron chi connectivity index (χ3n) is 4.28. The zero-order chi connectivity index (χ0) is 14.7. The van der Waals surface area contributed by atoms with Gasteiger partial charge in [0.25, 0.3) is 0 Å². The molecule has 3 rings (SSSR count). The number of tetrazole rings is 1. The molecule has 112 valence electrons. The minimum atomic E-state index is 0.703. The SMILES string of the molecule is Nc1cccc(-c2nnnn2CCC2CCCCC2)c1Br. The van der Waals surface area contributed by atoms with Gasteiger partial charge < -0.3 is 5.73 Å². The number of halogens is 1. The topological polar surface area (TPSA) is 69.6 Å². The molecule has 0 amide bonds. The highest BCUT2D eigenvalue weighted by molar-refractivity contribution is 9.10. The molecule has 6 heteroatoms. The maximum absolute atomic E-state index is 5.94. The van der Waals surface area contributed by atoms with Crippen molar-refractivity contribution in [2.75, 3.05) is 5.73 Å². The normalized spacial score (nSPS) is 16.2. The largest absolute Gasteiger partial charge is 0.398 e. The molecule has 1 aliphatic rings. The van der Waals surface area contributed by atoms with Gasteiger partial charge >= 0.3 is 0 Å². The van der Waals surface area contributed by atoms with Gasteiger partial charge in [0.15, 0.2) is 5.82 Å². The van der Waals surface area contributed by atoms with Gasteiger partial charge in [0.2, 0.25) is 0 Å². The van der Waals surface area contributed by atoms with Crippen LogP contribution in [0.3, 0.4) is 0 Å². The van der Waals surface area contributed by atoms with Crippen LogP contribution in [0.4, 0.5) is 5.69 Å². The Morgan fingerprint density at radius 3 is 2.86 bits per heavy atom. The molecule has 2 N–H and O–H groups in total. The lowest BCUT2D eigenvalue weighted by molar-refractivity contribution is 0.318. The predicted octanol–water partition coefficient (Wildman–Crippen LogP) is 3.66. The summed E-state index contributed by atoms with van der Waals surface area (Å²) in [5.74, 6) is 1.60. The van der Waals surface area contributed by atoms with Crippen LogP contribution in [0.2, 0.25) is 0 Å². The number of hydrogen-bond donors (Lipinski definition) is 1. The molecule has 0 unspecified atom stereocenters. The molecule has 0 atom stereocenters. The van der Waals surface area contributed by atoms with Crippen LogP contribution in [0.5, 0.6) is 0 Å². The number of nitrogens with zero attached hydrogens (tertiary/aromatic N) is 4. The number of rotatable bonds is 4. The molecule has 0 saturated heterocycles. The van der Waals surface area contributed by atoms with Crippen molar-refractivity contribution in [3.63, 3.8) is 0 Å². The van der Waals surface area contributed by atoms with Crippen LogP contribution >= 0.6 is 15.9 Å². The number of hydrogen-bond acceptors (Lipinski definition) is 4. The summed E-state index contributed by atoms with van der Waals surface area (Å²) in [4.78, 5) is 0. The van der Waals surface area contributed by atoms with E-state index in [-0.39, 0.29) is 0 Å². The van der Waals surface area contributed by atoms with E-state index >= 15 is 0 Å². The van der Waals surface area contributed by atoms with Crippen molar-refractivity contribution in [1.29, 1.82) is 0 Å². The first kappa shape index (κ1) is 14.5. The van der Waals surface area contributed by atoms with Crippen LogP contribution in [0.25, 0.3) is 11.4 Å². The first-order valence-corrected chi connectivity index (χ1v) is 8.35. The van der Waals surface area contributed by atoms with Crippen molar-refractivity contribution in [1.82, 2.24) is 20.2 Å². The van der Waals surface area contributed by atoms with Gasteiger partial charge in [0.05, 0.1) is 4.47 Å². The minimum Gasteiger partial charge on any atom is -0.398 e. The highest BCUT2D eigenvalue weighted by Crippen LogP contribution is 2.32. The summed E-state index contributed by atoms with van der Waals surface area (Å²) in [6.07, 6.45) is 7.97. The Hall–Kier alpha value is -1.43. The molecular formula is C15H20BrN5. The van der Waals surface area contributed by atoms with Gasteiger partial charge in [-0.15, -0.1) is 5.10 Å². The minimum absolute atomic E-state index is 0.703. The lowest BCUT2D eigenvalue weighted by Gasteiger charge is -2.21. The quantitative estimate of drug-likeness (QED) is 0.855. The molecule has 1 fully saturated rings. The molecular weight excluding hydrogens is 330 g/mol. The van der Waals surface area contributed by atoms with Crippen LogP contribution < -0.4 is 5.73 Å². The standard InChI is InChI=1S/C15H20BrN5/c16-14-12(7-4-8-13(14)17)15-18-19-20-21(15)10-9-11-5-2-1-3-6-11/h4,7-8,11H,1-3,5-6,9-10,17H2.